The summed E-state index contributed by atoms with van der Waals surface area (Å²) in [4.78, 5) is 78.4. The van der Waals surface area contributed by atoms with Crippen molar-refractivity contribution in [1.82, 2.24) is 18.9 Å². The van der Waals surface area contributed by atoms with E-state index in [1.165, 1.54) is 15.7 Å². The average Bonchev–Trinajstić information content (AvgIpc) is 3.28. The number of carbonyl (C=O) groups excluding carboxylic acids is 2. The van der Waals surface area contributed by atoms with Gasteiger partial charge in [0.25, 0.3) is 11.8 Å². The van der Waals surface area contributed by atoms with E-state index in [2.05, 4.69) is 0 Å². The number of aromatic carboxylic acids is 2. The van der Waals surface area contributed by atoms with Crippen molar-refractivity contribution < 1.29 is 48.7 Å². The number of hydrogen-bond donors (Lipinski definition) is 3. The lowest BCUT2D eigenvalue weighted by Crippen LogP contribution is -2.56. The number of aromatic nitrogens is 2. The molecule has 4 aliphatic heterocycles. The highest BCUT2D eigenvalue weighted by Gasteiger charge is 2.46. The molecule has 61 heavy (non-hydrogen) atoms. The standard InChI is InChI=1S/C26H24N2O6.C19H18N2O6/c29-22-19(26(31)32)15-28-20(14-17-8-3-1-4-9-17)25-27(12-7-13-33-25)24(30)21(28)23(22)34-16-18-10-5-2-6-11-18;22-15-12(19(25)26)10-21-13(9-11-5-2-1-3-6-11)18-20(7-4-8-27-18)17(24)14(21)16(15)23/h1-6,8-11,15,20,25H,7,12-14,16H2,(H,31,32);1-3,5-6,10,13,18,23H,4,7-9H2,(H,25,26)/t20-,25-;13-,18-/m00/s1. The second-order valence-corrected chi connectivity index (χ2v) is 15.1. The zero-order valence-electron chi connectivity index (χ0n) is 32.8. The van der Waals surface area contributed by atoms with Crippen LogP contribution in [0.15, 0.2) is 113 Å². The number of fused-ring (bicyclic) bond motifs is 4. The fraction of sp³-hybridized carbons (Fsp3) is 0.289. The molecule has 4 atom stereocenters. The first kappa shape index (κ1) is 40.7. The van der Waals surface area contributed by atoms with Gasteiger partial charge in [-0.1, -0.05) is 91.0 Å². The Morgan fingerprint density at radius 3 is 1.51 bits per heavy atom. The Hall–Kier alpha value is -7.04. The molecule has 3 aromatic carbocycles. The van der Waals surface area contributed by atoms with E-state index in [0.29, 0.717) is 52.0 Å². The van der Waals surface area contributed by atoms with E-state index in [-0.39, 0.29) is 23.7 Å². The van der Waals surface area contributed by atoms with Crippen LogP contribution in [0.3, 0.4) is 0 Å². The number of rotatable bonds is 9. The predicted octanol–water partition coefficient (Wildman–Crippen LogP) is 4.35. The molecule has 16 nitrogen and oxygen atoms in total. The van der Waals surface area contributed by atoms with Crippen LogP contribution in [0.4, 0.5) is 0 Å². The van der Waals surface area contributed by atoms with E-state index >= 15 is 0 Å². The topological polar surface area (TPSA) is 207 Å². The Bertz CT molecular complexity index is 2600. The summed E-state index contributed by atoms with van der Waals surface area (Å²) >= 11 is 0. The molecule has 2 saturated heterocycles. The highest BCUT2D eigenvalue weighted by atomic mass is 16.5. The summed E-state index contributed by atoms with van der Waals surface area (Å²) in [5.41, 5.74) is -0.245. The minimum atomic E-state index is -1.46. The van der Waals surface area contributed by atoms with Crippen molar-refractivity contribution in [3.05, 3.63) is 163 Å². The number of benzene rings is 3. The first-order valence-corrected chi connectivity index (χ1v) is 19.9. The number of carboxylic acid groups (broad SMARTS) is 2. The van der Waals surface area contributed by atoms with Crippen LogP contribution >= 0.6 is 0 Å². The van der Waals surface area contributed by atoms with Gasteiger partial charge in [-0.25, -0.2) is 9.59 Å². The van der Waals surface area contributed by atoms with Gasteiger partial charge < -0.3 is 48.5 Å². The lowest BCUT2D eigenvalue weighted by Gasteiger charge is -2.45. The Labute approximate surface area is 348 Å². The molecule has 2 aromatic heterocycles. The van der Waals surface area contributed by atoms with Gasteiger partial charge in [-0.2, -0.15) is 0 Å². The Morgan fingerprint density at radius 1 is 0.607 bits per heavy atom. The zero-order chi connectivity index (χ0) is 42.8. The molecule has 314 valence electrons. The number of carboxylic acids is 2. The van der Waals surface area contributed by atoms with Crippen molar-refractivity contribution in [2.45, 2.75) is 56.8 Å². The molecular weight excluding hydrogens is 789 g/mol. The monoisotopic (exact) mass is 830 g/mol. The van der Waals surface area contributed by atoms with Crippen molar-refractivity contribution in [3.8, 4) is 11.5 Å². The molecule has 5 aromatic rings. The molecule has 2 fully saturated rings. The van der Waals surface area contributed by atoms with Crippen LogP contribution in [0.1, 0.15) is 83.3 Å². The molecule has 0 spiro atoms. The summed E-state index contributed by atoms with van der Waals surface area (Å²) in [5.74, 6) is -4.83. The van der Waals surface area contributed by atoms with Crippen molar-refractivity contribution >= 4 is 23.8 Å². The molecule has 6 heterocycles. The second-order valence-electron chi connectivity index (χ2n) is 15.1. The minimum absolute atomic E-state index is 0.0305. The zero-order valence-corrected chi connectivity index (χ0v) is 32.8. The van der Waals surface area contributed by atoms with Crippen LogP contribution < -0.4 is 15.6 Å². The number of nitrogens with zero attached hydrogens (tertiary/aromatic N) is 4. The molecule has 0 unspecified atom stereocenters. The predicted molar refractivity (Wildman–Crippen MR) is 217 cm³/mol. The van der Waals surface area contributed by atoms with Crippen LogP contribution in [0.2, 0.25) is 0 Å². The van der Waals surface area contributed by atoms with Crippen LogP contribution in [0.5, 0.6) is 11.5 Å². The summed E-state index contributed by atoms with van der Waals surface area (Å²) in [7, 11) is 0. The summed E-state index contributed by atoms with van der Waals surface area (Å²) in [6, 6.07) is 27.5. The maximum atomic E-state index is 13.6. The van der Waals surface area contributed by atoms with Gasteiger partial charge in [-0.3, -0.25) is 19.2 Å². The van der Waals surface area contributed by atoms with Gasteiger partial charge in [-0.15, -0.1) is 0 Å². The first-order chi connectivity index (χ1) is 29.5. The van der Waals surface area contributed by atoms with Gasteiger partial charge in [0.1, 0.15) is 17.7 Å². The summed E-state index contributed by atoms with van der Waals surface area (Å²) in [5, 5.41) is 29.4. The van der Waals surface area contributed by atoms with Crippen molar-refractivity contribution in [2.75, 3.05) is 26.3 Å². The van der Waals surface area contributed by atoms with Gasteiger partial charge in [-0.05, 0) is 42.4 Å². The number of hydrogen-bond acceptors (Lipinski definition) is 10. The fourth-order valence-electron chi connectivity index (χ4n) is 8.38. The van der Waals surface area contributed by atoms with Gasteiger partial charge in [0.15, 0.2) is 35.3 Å². The summed E-state index contributed by atoms with van der Waals surface area (Å²) in [6.45, 7) is 1.94. The average molecular weight is 831 g/mol. The van der Waals surface area contributed by atoms with E-state index in [9.17, 15) is 44.1 Å². The van der Waals surface area contributed by atoms with Crippen LogP contribution in [0, 0.1) is 0 Å². The second kappa shape index (κ2) is 17.3. The van der Waals surface area contributed by atoms with E-state index in [0.717, 1.165) is 22.9 Å². The molecule has 0 saturated carbocycles. The number of pyridine rings is 2. The maximum absolute atomic E-state index is 13.6. The van der Waals surface area contributed by atoms with E-state index in [1.54, 1.807) is 9.47 Å². The number of carbonyl (C=O) groups is 4. The molecule has 16 heteroatoms. The van der Waals surface area contributed by atoms with Gasteiger partial charge >= 0.3 is 11.9 Å². The van der Waals surface area contributed by atoms with Crippen molar-refractivity contribution in [2.24, 2.45) is 0 Å². The van der Waals surface area contributed by atoms with Crippen LogP contribution in [-0.2, 0) is 28.9 Å². The Balaban J connectivity index is 0.000000173. The molecule has 3 N–H and O–H groups in total. The Kier molecular flexibility index (Phi) is 11.5. The smallest absolute Gasteiger partial charge is 0.341 e. The lowest BCUT2D eigenvalue weighted by molar-refractivity contribution is -0.111. The van der Waals surface area contributed by atoms with Gasteiger partial charge in [0.2, 0.25) is 10.9 Å². The quantitative estimate of drug-likeness (QED) is 0.190. The largest absolute Gasteiger partial charge is 0.503 e. The molecule has 2 amide bonds. The minimum Gasteiger partial charge on any atom is -0.503 e. The molecule has 0 bridgehead atoms. The SMILES string of the molecule is O=C(O)c1cn2c(c(O)c1=O)C(=O)N1CCCO[C@H]1[C@@H]2Cc1ccccc1.O=C(O)c1cn2c(c(OCc3ccccc3)c1=O)C(=O)N1CCCO[C@H]1[C@@H]2Cc1ccccc1. The molecule has 0 radical (unpaired) electrons. The Morgan fingerprint density at radius 2 is 1.03 bits per heavy atom. The normalized spacial score (nSPS) is 20.3. The van der Waals surface area contributed by atoms with Crippen molar-refractivity contribution in [3.63, 3.8) is 0 Å². The van der Waals surface area contributed by atoms with Crippen LogP contribution in [0.25, 0.3) is 0 Å². The van der Waals surface area contributed by atoms with E-state index in [4.69, 9.17) is 14.2 Å². The third kappa shape index (κ3) is 7.90. The molecule has 9 rings (SSSR count). The van der Waals surface area contributed by atoms with E-state index in [1.807, 2.05) is 91.0 Å². The first-order valence-electron chi connectivity index (χ1n) is 19.9. The number of ether oxygens (including phenoxy) is 3. The van der Waals surface area contributed by atoms with Crippen LogP contribution in [-0.4, -0.2) is 96.8 Å². The van der Waals surface area contributed by atoms with E-state index < -0.39 is 76.0 Å². The maximum Gasteiger partial charge on any atom is 0.341 e. The third-order valence-electron chi connectivity index (χ3n) is 11.2. The summed E-state index contributed by atoms with van der Waals surface area (Å²) < 4.78 is 20.7. The molecular formula is C45H42N4O12. The fourth-order valence-corrected chi connectivity index (χ4v) is 8.38. The molecule has 4 aliphatic rings. The third-order valence-corrected chi connectivity index (χ3v) is 11.2. The van der Waals surface area contributed by atoms with Gasteiger partial charge in [0.05, 0.1) is 25.3 Å². The lowest BCUT2D eigenvalue weighted by atomic mass is 9.98. The molecule has 0 aliphatic carbocycles. The van der Waals surface area contributed by atoms with Crippen molar-refractivity contribution in [1.29, 1.82) is 0 Å². The number of amides is 2. The highest BCUT2D eigenvalue weighted by Crippen LogP contribution is 2.37. The van der Waals surface area contributed by atoms with Gasteiger partial charge in [0, 0.05) is 25.5 Å². The number of aromatic hydroxyl groups is 1. The summed E-state index contributed by atoms with van der Waals surface area (Å²) in [6.07, 6.45) is 3.50. The highest BCUT2D eigenvalue weighted by molar-refractivity contribution is 5.99.